The third kappa shape index (κ3) is 5.19. The molecule has 2 aromatic rings. The summed E-state index contributed by atoms with van der Waals surface area (Å²) >= 11 is 0. The number of rotatable bonds is 4. The Labute approximate surface area is 224 Å². The lowest BCUT2D eigenvalue weighted by Gasteiger charge is -2.35. The van der Waals surface area contributed by atoms with Crippen molar-refractivity contribution in [2.75, 3.05) is 24.2 Å². The van der Waals surface area contributed by atoms with Gasteiger partial charge in [0.15, 0.2) is 11.6 Å². The number of hydrogen-bond donors (Lipinski definition) is 2. The number of likely N-dealkylation sites (tertiary alicyclic amines) is 1. The summed E-state index contributed by atoms with van der Waals surface area (Å²) in [4.78, 5) is 55.2. The lowest BCUT2D eigenvalue weighted by molar-refractivity contribution is -0.150. The normalized spacial score (nSPS) is 20.7. The molecule has 9 nitrogen and oxygen atoms in total. The minimum atomic E-state index is -1.20. The number of likely N-dealkylation sites (N-methyl/N-ethyl adjacent to an activating group) is 1. The number of fused-ring (bicyclic) bond motifs is 2. The molecule has 0 unspecified atom stereocenters. The first-order valence-corrected chi connectivity index (χ1v) is 12.4. The highest BCUT2D eigenvalue weighted by Crippen LogP contribution is 2.46. The molecule has 1 spiro atoms. The minimum Gasteiger partial charge on any atom is -0.325 e. The highest BCUT2D eigenvalue weighted by Gasteiger charge is 2.57. The average molecular weight is 538 g/mol. The molecule has 4 amide bonds. The SMILES string of the molecule is CN(C(=O)C(=O)Nc1ccc(F)c(F)c1)[C@@H](CC(C)(C)C)C(=O)N1C[C@]2(C[C@H]1C#N)C(=O)Nc1ccccc12. The number of nitrogens with zero attached hydrogens (tertiary/aromatic N) is 3. The molecule has 1 saturated heterocycles. The molecule has 2 heterocycles. The number of carbonyl (C=O) groups excluding carboxylic acids is 4. The molecule has 0 aromatic heterocycles. The number of carbonyl (C=O) groups is 4. The molecule has 2 aromatic carbocycles. The molecule has 0 saturated carbocycles. The summed E-state index contributed by atoms with van der Waals surface area (Å²) in [5.74, 6) is -5.40. The van der Waals surface area contributed by atoms with Crippen LogP contribution in [0.15, 0.2) is 42.5 Å². The van der Waals surface area contributed by atoms with Gasteiger partial charge in [0.25, 0.3) is 0 Å². The molecular formula is C28H29F2N5O4. The lowest BCUT2D eigenvalue weighted by atomic mass is 9.80. The molecule has 3 atom stereocenters. The molecule has 1 fully saturated rings. The maximum absolute atomic E-state index is 14.0. The fraction of sp³-hybridized carbons (Fsp3) is 0.393. The van der Waals surface area contributed by atoms with E-state index in [1.165, 1.54) is 11.9 Å². The van der Waals surface area contributed by atoms with Crippen molar-refractivity contribution in [2.24, 2.45) is 5.41 Å². The lowest BCUT2D eigenvalue weighted by Crippen LogP contribution is -2.54. The van der Waals surface area contributed by atoms with Crippen molar-refractivity contribution in [2.45, 2.75) is 51.1 Å². The van der Waals surface area contributed by atoms with Crippen LogP contribution in [0.5, 0.6) is 0 Å². The fourth-order valence-corrected chi connectivity index (χ4v) is 5.21. The van der Waals surface area contributed by atoms with Gasteiger partial charge in [-0.2, -0.15) is 5.26 Å². The van der Waals surface area contributed by atoms with Gasteiger partial charge < -0.3 is 20.4 Å². The van der Waals surface area contributed by atoms with Crippen molar-refractivity contribution >= 4 is 35.0 Å². The van der Waals surface area contributed by atoms with E-state index in [2.05, 4.69) is 16.7 Å². The van der Waals surface area contributed by atoms with Crippen molar-refractivity contribution in [3.63, 3.8) is 0 Å². The number of para-hydroxylation sites is 1. The number of anilines is 2. The van der Waals surface area contributed by atoms with Crippen LogP contribution in [0.4, 0.5) is 20.2 Å². The molecule has 0 aliphatic carbocycles. The van der Waals surface area contributed by atoms with E-state index in [4.69, 9.17) is 0 Å². The van der Waals surface area contributed by atoms with Crippen molar-refractivity contribution < 1.29 is 28.0 Å². The van der Waals surface area contributed by atoms with Crippen LogP contribution >= 0.6 is 0 Å². The molecule has 0 bridgehead atoms. The zero-order valence-corrected chi connectivity index (χ0v) is 22.0. The van der Waals surface area contributed by atoms with Gasteiger partial charge in [-0.3, -0.25) is 19.2 Å². The second-order valence-electron chi connectivity index (χ2n) is 11.2. The van der Waals surface area contributed by atoms with E-state index in [9.17, 15) is 33.2 Å². The van der Waals surface area contributed by atoms with E-state index in [-0.39, 0.29) is 31.0 Å². The smallest absolute Gasteiger partial charge is 0.313 e. The number of nitriles is 1. The Morgan fingerprint density at radius 2 is 1.90 bits per heavy atom. The van der Waals surface area contributed by atoms with Crippen LogP contribution in [0.25, 0.3) is 0 Å². The maximum atomic E-state index is 14.0. The van der Waals surface area contributed by atoms with Crippen LogP contribution in [-0.2, 0) is 24.6 Å². The van der Waals surface area contributed by atoms with Crippen LogP contribution < -0.4 is 10.6 Å². The Kier molecular flexibility index (Phi) is 7.17. The first kappa shape index (κ1) is 27.7. The van der Waals surface area contributed by atoms with Crippen molar-refractivity contribution in [3.05, 3.63) is 59.7 Å². The summed E-state index contributed by atoms with van der Waals surface area (Å²) in [6.45, 7) is 5.53. The van der Waals surface area contributed by atoms with Gasteiger partial charge in [0.1, 0.15) is 12.1 Å². The summed E-state index contributed by atoms with van der Waals surface area (Å²) in [6, 6.07) is 9.82. The standard InChI is InChI=1S/C28H29F2N5O4/c1-27(2,3)13-22(34(4)25(38)23(36)32-16-9-10-19(29)20(30)11-16)24(37)35-15-28(12-17(35)14-31)18-7-5-6-8-21(18)33-26(28)39/h5-11,17,22H,12-13,15H2,1-4H3,(H,32,36)(H,33,39)/t17-,22-,28-/m0/s1. The average Bonchev–Trinajstić information content (AvgIpc) is 3.41. The van der Waals surface area contributed by atoms with Crippen molar-refractivity contribution in [1.82, 2.24) is 9.80 Å². The predicted molar refractivity (Wildman–Crippen MR) is 138 cm³/mol. The summed E-state index contributed by atoms with van der Waals surface area (Å²) in [6.07, 6.45) is 0.242. The van der Waals surface area contributed by atoms with Crippen LogP contribution in [0.3, 0.4) is 0 Å². The van der Waals surface area contributed by atoms with Gasteiger partial charge in [-0.15, -0.1) is 0 Å². The number of benzene rings is 2. The van der Waals surface area contributed by atoms with Gasteiger partial charge in [-0.05, 0) is 35.6 Å². The van der Waals surface area contributed by atoms with E-state index < -0.39 is 52.3 Å². The third-order valence-corrected chi connectivity index (χ3v) is 7.17. The van der Waals surface area contributed by atoms with Crippen molar-refractivity contribution in [1.29, 1.82) is 5.26 Å². The number of nitrogens with one attached hydrogen (secondary N) is 2. The molecular weight excluding hydrogens is 508 g/mol. The third-order valence-electron chi connectivity index (χ3n) is 7.17. The molecule has 2 aliphatic heterocycles. The Morgan fingerprint density at radius 1 is 1.21 bits per heavy atom. The number of amides is 4. The molecule has 204 valence electrons. The van der Waals surface area contributed by atoms with E-state index in [1.807, 2.05) is 20.8 Å². The van der Waals surface area contributed by atoms with Crippen molar-refractivity contribution in [3.8, 4) is 6.07 Å². The van der Waals surface area contributed by atoms with Crippen LogP contribution in [0, 0.1) is 28.4 Å². The zero-order valence-electron chi connectivity index (χ0n) is 22.0. The van der Waals surface area contributed by atoms with Gasteiger partial charge >= 0.3 is 11.8 Å². The molecule has 39 heavy (non-hydrogen) atoms. The summed E-state index contributed by atoms with van der Waals surface area (Å²) in [7, 11) is 1.30. The first-order valence-electron chi connectivity index (χ1n) is 12.4. The van der Waals surface area contributed by atoms with E-state index in [0.29, 0.717) is 11.3 Å². The molecule has 4 rings (SSSR count). The van der Waals surface area contributed by atoms with E-state index in [1.54, 1.807) is 24.3 Å². The van der Waals surface area contributed by atoms with Crippen LogP contribution in [0.2, 0.25) is 0 Å². The van der Waals surface area contributed by atoms with E-state index in [0.717, 1.165) is 23.1 Å². The van der Waals surface area contributed by atoms with Gasteiger partial charge in [0.05, 0.1) is 11.5 Å². The Morgan fingerprint density at radius 3 is 2.54 bits per heavy atom. The highest BCUT2D eigenvalue weighted by molar-refractivity contribution is 6.39. The second kappa shape index (κ2) is 10.1. The molecule has 0 radical (unpaired) electrons. The minimum absolute atomic E-state index is 0.0589. The van der Waals surface area contributed by atoms with Gasteiger partial charge in [-0.25, -0.2) is 8.78 Å². The van der Waals surface area contributed by atoms with Crippen LogP contribution in [0.1, 0.15) is 39.2 Å². The largest absolute Gasteiger partial charge is 0.325 e. The summed E-state index contributed by atoms with van der Waals surface area (Å²) in [5.41, 5.74) is -0.376. The summed E-state index contributed by atoms with van der Waals surface area (Å²) in [5, 5.41) is 15.0. The monoisotopic (exact) mass is 537 g/mol. The number of halogens is 2. The molecule has 2 aliphatic rings. The molecule has 2 N–H and O–H groups in total. The Bertz CT molecular complexity index is 1400. The fourth-order valence-electron chi connectivity index (χ4n) is 5.21. The van der Waals surface area contributed by atoms with Gasteiger partial charge in [-0.1, -0.05) is 39.0 Å². The van der Waals surface area contributed by atoms with Gasteiger partial charge in [0.2, 0.25) is 11.8 Å². The van der Waals surface area contributed by atoms with E-state index >= 15 is 0 Å². The molecule has 11 heteroatoms. The van der Waals surface area contributed by atoms with Crippen LogP contribution in [-0.4, -0.2) is 59.1 Å². The second-order valence-corrected chi connectivity index (χ2v) is 11.2. The summed E-state index contributed by atoms with van der Waals surface area (Å²) < 4.78 is 26.8. The quantitative estimate of drug-likeness (QED) is 0.580. The topological polar surface area (TPSA) is 123 Å². The first-order chi connectivity index (χ1) is 18.3. The Hall–Kier alpha value is -4.33. The predicted octanol–water partition coefficient (Wildman–Crippen LogP) is 3.18. The number of hydrogen-bond acceptors (Lipinski definition) is 5. The zero-order chi connectivity index (χ0) is 28.7. The Balaban J connectivity index is 1.61. The van der Waals surface area contributed by atoms with Gasteiger partial charge in [0, 0.05) is 37.5 Å². The highest BCUT2D eigenvalue weighted by atomic mass is 19.2. The maximum Gasteiger partial charge on any atom is 0.313 e.